The molecule has 1 aliphatic rings. The molecule has 0 aromatic heterocycles. The number of para-hydroxylation sites is 1. The van der Waals surface area contributed by atoms with Crippen LogP contribution in [0.15, 0.2) is 24.3 Å². The molecule has 0 atom stereocenters. The summed E-state index contributed by atoms with van der Waals surface area (Å²) in [5.41, 5.74) is 2.14. The van der Waals surface area contributed by atoms with Crippen LogP contribution in [-0.4, -0.2) is 53.5 Å². The zero-order chi connectivity index (χ0) is 15.1. The summed E-state index contributed by atoms with van der Waals surface area (Å²) in [7, 11) is 0. The van der Waals surface area contributed by atoms with Crippen LogP contribution in [0.3, 0.4) is 0 Å². The summed E-state index contributed by atoms with van der Waals surface area (Å²) in [5.74, 6) is 2.40. The number of rotatable bonds is 5. The number of anilines is 1. The number of thioether (sulfide) groups is 1. The summed E-state index contributed by atoms with van der Waals surface area (Å²) in [4.78, 5) is 16.5. The van der Waals surface area contributed by atoms with Crippen molar-refractivity contribution in [1.29, 1.82) is 0 Å². The van der Waals surface area contributed by atoms with E-state index in [-0.39, 0.29) is 6.03 Å². The smallest absolute Gasteiger partial charge is 0.321 e. The number of nitrogens with zero attached hydrogens (tertiary/aromatic N) is 2. The Hall–Kier alpha value is -1.20. The molecule has 1 aromatic carbocycles. The van der Waals surface area contributed by atoms with Gasteiger partial charge in [0, 0.05) is 49.9 Å². The van der Waals surface area contributed by atoms with Gasteiger partial charge in [0.15, 0.2) is 0 Å². The van der Waals surface area contributed by atoms with Gasteiger partial charge in [0.25, 0.3) is 0 Å². The Bertz CT molecular complexity index is 457. The average Bonchev–Trinajstić information content (AvgIpc) is 2.51. The molecule has 0 saturated carbocycles. The van der Waals surface area contributed by atoms with Gasteiger partial charge in [0.2, 0.25) is 0 Å². The van der Waals surface area contributed by atoms with E-state index in [0.29, 0.717) is 0 Å². The van der Waals surface area contributed by atoms with Crippen LogP contribution in [-0.2, 0) is 6.54 Å². The number of hydrogen-bond acceptors (Lipinski definition) is 3. The highest BCUT2D eigenvalue weighted by Crippen LogP contribution is 2.20. The fourth-order valence-electron chi connectivity index (χ4n) is 2.49. The second kappa shape index (κ2) is 8.29. The third kappa shape index (κ3) is 4.64. The molecular weight excluding hydrogens is 282 g/mol. The van der Waals surface area contributed by atoms with E-state index >= 15 is 0 Å². The summed E-state index contributed by atoms with van der Waals surface area (Å²) in [6.45, 7) is 8.63. The van der Waals surface area contributed by atoms with Crippen molar-refractivity contribution in [3.8, 4) is 0 Å². The Morgan fingerprint density at radius 3 is 2.57 bits per heavy atom. The molecule has 0 unspecified atom stereocenters. The fourth-order valence-corrected chi connectivity index (χ4v) is 3.46. The number of nitrogens with one attached hydrogen (secondary N) is 1. The first-order valence-corrected chi connectivity index (χ1v) is 8.84. The lowest BCUT2D eigenvalue weighted by Gasteiger charge is -2.27. The van der Waals surface area contributed by atoms with Gasteiger partial charge in [-0.1, -0.05) is 18.2 Å². The molecule has 1 heterocycles. The highest BCUT2D eigenvalue weighted by molar-refractivity contribution is 7.99. The minimum atomic E-state index is -0.0124. The van der Waals surface area contributed by atoms with Gasteiger partial charge in [-0.25, -0.2) is 4.79 Å². The van der Waals surface area contributed by atoms with Gasteiger partial charge in [-0.3, -0.25) is 4.90 Å². The van der Waals surface area contributed by atoms with Crippen molar-refractivity contribution in [2.75, 3.05) is 43.0 Å². The maximum atomic E-state index is 12.2. The zero-order valence-corrected chi connectivity index (χ0v) is 13.8. The van der Waals surface area contributed by atoms with Gasteiger partial charge in [0.05, 0.1) is 0 Å². The zero-order valence-electron chi connectivity index (χ0n) is 13.0. The first-order valence-electron chi connectivity index (χ1n) is 7.68. The van der Waals surface area contributed by atoms with Crippen LogP contribution < -0.4 is 5.32 Å². The molecule has 116 valence electrons. The molecule has 0 aliphatic carbocycles. The van der Waals surface area contributed by atoms with Crippen molar-refractivity contribution < 1.29 is 4.79 Å². The number of hydrogen-bond donors (Lipinski definition) is 1. The highest BCUT2D eigenvalue weighted by atomic mass is 32.2. The topological polar surface area (TPSA) is 35.6 Å². The van der Waals surface area contributed by atoms with Crippen LogP contribution in [0.4, 0.5) is 10.5 Å². The third-order valence-electron chi connectivity index (χ3n) is 3.81. The van der Waals surface area contributed by atoms with E-state index in [1.54, 1.807) is 4.90 Å². The molecule has 0 bridgehead atoms. The highest BCUT2D eigenvalue weighted by Gasteiger charge is 2.15. The van der Waals surface area contributed by atoms with Crippen molar-refractivity contribution in [3.63, 3.8) is 0 Å². The van der Waals surface area contributed by atoms with E-state index in [1.807, 2.05) is 43.8 Å². The molecule has 0 radical (unpaired) electrons. The molecule has 1 aromatic rings. The second-order valence-corrected chi connectivity index (χ2v) is 6.37. The van der Waals surface area contributed by atoms with Gasteiger partial charge in [-0.2, -0.15) is 11.8 Å². The maximum Gasteiger partial charge on any atom is 0.321 e. The molecule has 4 nitrogen and oxygen atoms in total. The maximum absolute atomic E-state index is 12.2. The number of benzene rings is 1. The van der Waals surface area contributed by atoms with Gasteiger partial charge in [0.1, 0.15) is 0 Å². The minimum Gasteiger partial charge on any atom is -0.325 e. The lowest BCUT2D eigenvalue weighted by molar-refractivity contribution is 0.217. The summed E-state index contributed by atoms with van der Waals surface area (Å²) >= 11 is 2.02. The predicted molar refractivity (Wildman–Crippen MR) is 91.0 cm³/mol. The Labute approximate surface area is 131 Å². The van der Waals surface area contributed by atoms with E-state index in [4.69, 9.17) is 0 Å². The number of amides is 2. The lowest BCUT2D eigenvalue weighted by Crippen LogP contribution is -2.35. The Balaban J connectivity index is 2.03. The van der Waals surface area contributed by atoms with Crippen LogP contribution in [0.2, 0.25) is 0 Å². The standard InChI is InChI=1S/C16H25N3OS/c1-3-19(4-2)16(20)17-15-8-6-5-7-14(15)13-18-9-11-21-12-10-18/h5-8H,3-4,9-13H2,1-2H3,(H,17,20). The Morgan fingerprint density at radius 2 is 1.90 bits per heavy atom. The van der Waals surface area contributed by atoms with Crippen molar-refractivity contribution >= 4 is 23.5 Å². The van der Waals surface area contributed by atoms with Crippen LogP contribution in [0.1, 0.15) is 19.4 Å². The van der Waals surface area contributed by atoms with E-state index in [2.05, 4.69) is 16.3 Å². The second-order valence-electron chi connectivity index (χ2n) is 5.15. The first kappa shape index (κ1) is 16.2. The molecule has 1 N–H and O–H groups in total. The van der Waals surface area contributed by atoms with Crippen molar-refractivity contribution in [2.24, 2.45) is 0 Å². The fraction of sp³-hybridized carbons (Fsp3) is 0.562. The van der Waals surface area contributed by atoms with Crippen LogP contribution >= 0.6 is 11.8 Å². The Kier molecular flexibility index (Phi) is 6.39. The van der Waals surface area contributed by atoms with Gasteiger partial charge in [-0.15, -0.1) is 0 Å². The Morgan fingerprint density at radius 1 is 1.24 bits per heavy atom. The molecule has 1 aliphatic heterocycles. The molecule has 2 amide bonds. The lowest BCUT2D eigenvalue weighted by atomic mass is 10.1. The van der Waals surface area contributed by atoms with Crippen molar-refractivity contribution in [2.45, 2.75) is 20.4 Å². The van der Waals surface area contributed by atoms with Crippen molar-refractivity contribution in [1.82, 2.24) is 9.80 Å². The van der Waals surface area contributed by atoms with Gasteiger partial charge >= 0.3 is 6.03 Å². The number of carbonyl (C=O) groups excluding carboxylic acids is 1. The summed E-state index contributed by atoms with van der Waals surface area (Å²) in [5, 5.41) is 3.06. The number of carbonyl (C=O) groups is 1. The third-order valence-corrected chi connectivity index (χ3v) is 4.75. The van der Waals surface area contributed by atoms with E-state index < -0.39 is 0 Å². The normalized spacial score (nSPS) is 15.7. The first-order chi connectivity index (χ1) is 10.2. The molecule has 1 fully saturated rings. The molecular formula is C16H25N3OS. The van der Waals surface area contributed by atoms with E-state index in [1.165, 1.54) is 17.1 Å². The average molecular weight is 307 g/mol. The monoisotopic (exact) mass is 307 g/mol. The van der Waals surface area contributed by atoms with Gasteiger partial charge < -0.3 is 10.2 Å². The van der Waals surface area contributed by atoms with Gasteiger partial charge in [-0.05, 0) is 25.5 Å². The minimum absolute atomic E-state index is 0.0124. The van der Waals surface area contributed by atoms with Crippen LogP contribution in [0.5, 0.6) is 0 Å². The van der Waals surface area contributed by atoms with Crippen LogP contribution in [0.25, 0.3) is 0 Å². The van der Waals surface area contributed by atoms with Crippen molar-refractivity contribution in [3.05, 3.63) is 29.8 Å². The van der Waals surface area contributed by atoms with Crippen LogP contribution in [0, 0.1) is 0 Å². The summed E-state index contributed by atoms with van der Waals surface area (Å²) < 4.78 is 0. The van der Waals surface area contributed by atoms with E-state index in [0.717, 1.165) is 38.4 Å². The quantitative estimate of drug-likeness (QED) is 0.908. The molecule has 0 spiro atoms. The molecule has 5 heteroatoms. The largest absolute Gasteiger partial charge is 0.325 e. The predicted octanol–water partition coefficient (Wildman–Crippen LogP) is 3.11. The molecule has 1 saturated heterocycles. The number of urea groups is 1. The molecule has 2 rings (SSSR count). The SMILES string of the molecule is CCN(CC)C(=O)Nc1ccccc1CN1CCSCC1. The molecule has 21 heavy (non-hydrogen) atoms. The van der Waals surface area contributed by atoms with E-state index in [9.17, 15) is 4.79 Å². The summed E-state index contributed by atoms with van der Waals surface area (Å²) in [6.07, 6.45) is 0. The summed E-state index contributed by atoms with van der Waals surface area (Å²) in [6, 6.07) is 8.12.